The van der Waals surface area contributed by atoms with Crippen LogP contribution in [0.1, 0.15) is 11.4 Å². The Balaban J connectivity index is 1.72. The van der Waals surface area contributed by atoms with Crippen LogP contribution < -0.4 is 5.32 Å². The summed E-state index contributed by atoms with van der Waals surface area (Å²) < 4.78 is 0. The maximum Gasteiger partial charge on any atom is 0.321 e. The van der Waals surface area contributed by atoms with Crippen LogP contribution in [-0.2, 0) is 4.79 Å². The lowest BCUT2D eigenvalue weighted by Crippen LogP contribution is -2.49. The molecule has 3 rings (SSSR count). The second-order valence-electron chi connectivity index (χ2n) is 5.66. The van der Waals surface area contributed by atoms with Gasteiger partial charge in [-0.25, -0.2) is 14.8 Å². The molecule has 0 saturated carbocycles. The predicted molar refractivity (Wildman–Crippen MR) is 87.2 cm³/mol. The number of anilines is 1. The maximum atomic E-state index is 12.3. The molecule has 7 heteroatoms. The summed E-state index contributed by atoms with van der Waals surface area (Å²) in [4.78, 5) is 35.3. The maximum absolute atomic E-state index is 12.3. The van der Waals surface area contributed by atoms with Gasteiger partial charge in [0.15, 0.2) is 0 Å². The van der Waals surface area contributed by atoms with Gasteiger partial charge in [-0.15, -0.1) is 0 Å². The van der Waals surface area contributed by atoms with E-state index in [4.69, 9.17) is 0 Å². The summed E-state index contributed by atoms with van der Waals surface area (Å²) in [5.74, 6) is 0. The summed E-state index contributed by atoms with van der Waals surface area (Å²) in [6, 6.07) is 5.35. The Hall–Kier alpha value is -2.70. The van der Waals surface area contributed by atoms with Crippen LogP contribution in [-0.4, -0.2) is 58.4 Å². The van der Waals surface area contributed by atoms with E-state index in [1.165, 1.54) is 0 Å². The van der Waals surface area contributed by atoms with Gasteiger partial charge in [-0.3, -0.25) is 4.79 Å². The zero-order valence-corrected chi connectivity index (χ0v) is 13.2. The molecule has 1 aliphatic heterocycles. The highest BCUT2D eigenvalue weighted by Crippen LogP contribution is 2.18. The second-order valence-corrected chi connectivity index (χ2v) is 5.66. The topological polar surface area (TPSA) is 78.4 Å². The lowest BCUT2D eigenvalue weighted by molar-refractivity contribution is -0.119. The van der Waals surface area contributed by atoms with Gasteiger partial charge in [0, 0.05) is 31.9 Å². The Morgan fingerprint density at radius 1 is 1.09 bits per heavy atom. The van der Waals surface area contributed by atoms with Gasteiger partial charge in [0.2, 0.25) is 6.41 Å². The summed E-state index contributed by atoms with van der Waals surface area (Å²) in [6.45, 7) is 6.06. The molecule has 0 spiro atoms. The van der Waals surface area contributed by atoms with Gasteiger partial charge in [-0.1, -0.05) is 0 Å². The monoisotopic (exact) mass is 313 g/mol. The number of piperazine rings is 1. The number of carbonyl (C=O) groups is 2. The molecule has 0 unspecified atom stereocenters. The predicted octanol–water partition coefficient (Wildman–Crippen LogP) is 1.55. The molecule has 2 heterocycles. The minimum absolute atomic E-state index is 0.160. The van der Waals surface area contributed by atoms with Crippen molar-refractivity contribution in [1.29, 1.82) is 0 Å². The van der Waals surface area contributed by atoms with E-state index in [1.54, 1.807) is 9.80 Å². The van der Waals surface area contributed by atoms with Crippen LogP contribution in [0.2, 0.25) is 0 Å². The van der Waals surface area contributed by atoms with Crippen molar-refractivity contribution in [2.45, 2.75) is 13.8 Å². The number of rotatable bonds is 2. The number of aryl methyl sites for hydroxylation is 2. The molecule has 0 aliphatic carbocycles. The summed E-state index contributed by atoms with van der Waals surface area (Å²) in [5, 5.41) is 2.88. The quantitative estimate of drug-likeness (QED) is 0.853. The van der Waals surface area contributed by atoms with Crippen molar-refractivity contribution in [1.82, 2.24) is 19.8 Å². The molecule has 3 amide bonds. The van der Waals surface area contributed by atoms with Crippen LogP contribution in [0, 0.1) is 13.8 Å². The molecule has 1 saturated heterocycles. The molecule has 1 fully saturated rings. The van der Waals surface area contributed by atoms with Crippen molar-refractivity contribution in [2.75, 3.05) is 31.5 Å². The number of hydrogen-bond donors (Lipinski definition) is 1. The Morgan fingerprint density at radius 3 is 2.39 bits per heavy atom. The minimum Gasteiger partial charge on any atom is -0.342 e. The number of benzene rings is 1. The third-order valence-electron chi connectivity index (χ3n) is 4.08. The van der Waals surface area contributed by atoms with E-state index in [0.717, 1.165) is 28.8 Å². The first-order valence-corrected chi connectivity index (χ1v) is 7.57. The van der Waals surface area contributed by atoms with E-state index in [2.05, 4.69) is 15.3 Å². The number of nitrogens with one attached hydrogen (secondary N) is 1. The first-order valence-electron chi connectivity index (χ1n) is 7.57. The fraction of sp³-hybridized carbons (Fsp3) is 0.375. The van der Waals surface area contributed by atoms with Crippen molar-refractivity contribution < 1.29 is 9.59 Å². The molecule has 7 nitrogen and oxygen atoms in total. The van der Waals surface area contributed by atoms with Gasteiger partial charge in [-0.2, -0.15) is 0 Å². The normalized spacial score (nSPS) is 14.9. The number of fused-ring (bicyclic) bond motifs is 1. The van der Waals surface area contributed by atoms with Crippen LogP contribution in [0.3, 0.4) is 0 Å². The molecule has 23 heavy (non-hydrogen) atoms. The largest absolute Gasteiger partial charge is 0.342 e. The zero-order valence-electron chi connectivity index (χ0n) is 13.2. The third kappa shape index (κ3) is 3.23. The van der Waals surface area contributed by atoms with Gasteiger partial charge in [-0.05, 0) is 32.0 Å². The average Bonchev–Trinajstić information content (AvgIpc) is 2.56. The number of hydrogen-bond acceptors (Lipinski definition) is 4. The molecule has 2 aromatic rings. The number of urea groups is 1. The van der Waals surface area contributed by atoms with E-state index in [1.807, 2.05) is 32.0 Å². The Morgan fingerprint density at radius 2 is 1.74 bits per heavy atom. The summed E-state index contributed by atoms with van der Waals surface area (Å²) in [5.41, 5.74) is 4.05. The van der Waals surface area contributed by atoms with E-state index >= 15 is 0 Å². The lowest BCUT2D eigenvalue weighted by atomic mass is 10.2. The van der Waals surface area contributed by atoms with E-state index < -0.39 is 0 Å². The molecule has 1 aromatic carbocycles. The van der Waals surface area contributed by atoms with Gasteiger partial charge >= 0.3 is 6.03 Å². The summed E-state index contributed by atoms with van der Waals surface area (Å²) in [7, 11) is 0. The molecule has 1 aliphatic rings. The van der Waals surface area contributed by atoms with Crippen molar-refractivity contribution >= 4 is 29.2 Å². The Kier molecular flexibility index (Phi) is 4.10. The van der Waals surface area contributed by atoms with Gasteiger partial charge in [0.1, 0.15) is 0 Å². The highest BCUT2D eigenvalue weighted by Gasteiger charge is 2.20. The van der Waals surface area contributed by atoms with Crippen molar-refractivity contribution in [3.63, 3.8) is 0 Å². The van der Waals surface area contributed by atoms with Crippen LogP contribution in [0.25, 0.3) is 11.0 Å². The Labute approximate surface area is 134 Å². The molecular weight excluding hydrogens is 294 g/mol. The molecule has 1 aromatic heterocycles. The highest BCUT2D eigenvalue weighted by molar-refractivity contribution is 5.92. The fourth-order valence-corrected chi connectivity index (χ4v) is 2.54. The number of nitrogens with zero attached hydrogens (tertiary/aromatic N) is 4. The second kappa shape index (κ2) is 6.20. The van der Waals surface area contributed by atoms with E-state index in [0.29, 0.717) is 31.9 Å². The molecule has 1 N–H and O–H groups in total. The highest BCUT2D eigenvalue weighted by atomic mass is 16.2. The number of amides is 3. The first-order chi connectivity index (χ1) is 11.1. The average molecular weight is 313 g/mol. The van der Waals surface area contributed by atoms with Crippen molar-refractivity contribution in [2.24, 2.45) is 0 Å². The molecular formula is C16H19N5O2. The van der Waals surface area contributed by atoms with Crippen LogP contribution in [0.15, 0.2) is 18.2 Å². The van der Waals surface area contributed by atoms with E-state index in [9.17, 15) is 9.59 Å². The number of carbonyl (C=O) groups excluding carboxylic acids is 2. The first kappa shape index (κ1) is 15.2. The standard InChI is InChI=1S/C16H19N5O2/c1-11-12(2)18-15-9-13(3-4-14(15)17-11)19-16(23)21-7-5-20(10-22)6-8-21/h3-4,9-10H,5-8H2,1-2H3,(H,19,23). The minimum atomic E-state index is -0.160. The van der Waals surface area contributed by atoms with Crippen molar-refractivity contribution in [3.05, 3.63) is 29.6 Å². The Bertz CT molecular complexity index is 753. The van der Waals surface area contributed by atoms with Crippen molar-refractivity contribution in [3.8, 4) is 0 Å². The number of aromatic nitrogens is 2. The van der Waals surface area contributed by atoms with Crippen LogP contribution in [0.5, 0.6) is 0 Å². The third-order valence-corrected chi connectivity index (χ3v) is 4.08. The van der Waals surface area contributed by atoms with Gasteiger partial charge in [0.25, 0.3) is 0 Å². The summed E-state index contributed by atoms with van der Waals surface area (Å²) >= 11 is 0. The molecule has 0 radical (unpaired) electrons. The SMILES string of the molecule is Cc1nc2ccc(NC(=O)N3CCN(C=O)CC3)cc2nc1C. The fourth-order valence-electron chi connectivity index (χ4n) is 2.54. The van der Waals surface area contributed by atoms with E-state index in [-0.39, 0.29) is 6.03 Å². The lowest BCUT2D eigenvalue weighted by Gasteiger charge is -2.32. The van der Waals surface area contributed by atoms with Crippen LogP contribution in [0.4, 0.5) is 10.5 Å². The molecule has 0 atom stereocenters. The van der Waals surface area contributed by atoms with Gasteiger partial charge < -0.3 is 15.1 Å². The van der Waals surface area contributed by atoms with Crippen LogP contribution >= 0.6 is 0 Å². The van der Waals surface area contributed by atoms with Gasteiger partial charge in [0.05, 0.1) is 22.4 Å². The summed E-state index contributed by atoms with van der Waals surface area (Å²) in [6.07, 6.45) is 0.821. The smallest absolute Gasteiger partial charge is 0.321 e. The molecule has 120 valence electrons. The molecule has 0 bridgehead atoms. The zero-order chi connectivity index (χ0) is 16.4.